The first-order chi connectivity index (χ1) is 5.61. The van der Waals surface area contributed by atoms with Crippen LogP contribution < -0.4 is 0 Å². The van der Waals surface area contributed by atoms with Gasteiger partial charge in [0.05, 0.1) is 5.92 Å². The molecule has 0 heterocycles. The van der Waals surface area contributed by atoms with E-state index in [-0.39, 0.29) is 30.2 Å². The zero-order valence-corrected chi connectivity index (χ0v) is 7.50. The molecule has 0 amide bonds. The third-order valence-electron chi connectivity index (χ3n) is 1.91. The van der Waals surface area contributed by atoms with Crippen molar-refractivity contribution in [2.45, 2.75) is 26.7 Å². The molecule has 0 spiro atoms. The number of hydrogen-bond acceptors (Lipinski definition) is 3. The minimum atomic E-state index is -0.205. The summed E-state index contributed by atoms with van der Waals surface area (Å²) in [4.78, 5) is 22.0. The largest absolute Gasteiger partial charge is 0.457 e. The first-order valence-corrected chi connectivity index (χ1v) is 4.30. The minimum absolute atomic E-state index is 0.0102. The fraction of sp³-hybridized carbons (Fsp3) is 0.778. The van der Waals surface area contributed by atoms with Crippen LogP contribution in [0.4, 0.5) is 0 Å². The Morgan fingerprint density at radius 1 is 1.42 bits per heavy atom. The predicted molar refractivity (Wildman–Crippen MR) is 43.5 cm³/mol. The lowest BCUT2D eigenvalue weighted by atomic mass is 10.1. The molecule has 1 aliphatic rings. The molecule has 0 aromatic rings. The maximum atomic E-state index is 11.0. The van der Waals surface area contributed by atoms with Crippen molar-refractivity contribution in [3.63, 3.8) is 0 Å². The molecule has 0 aromatic heterocycles. The lowest BCUT2D eigenvalue weighted by Crippen LogP contribution is -2.18. The van der Waals surface area contributed by atoms with Crippen LogP contribution in [0.25, 0.3) is 0 Å². The van der Waals surface area contributed by atoms with E-state index in [2.05, 4.69) is 0 Å². The van der Waals surface area contributed by atoms with Crippen LogP contribution in [0.15, 0.2) is 0 Å². The first kappa shape index (κ1) is 9.23. The average molecular weight is 170 g/mol. The molecular weight excluding hydrogens is 156 g/mol. The summed E-state index contributed by atoms with van der Waals surface area (Å²) >= 11 is 0. The lowest BCUT2D eigenvalue weighted by molar-refractivity contribution is -0.149. The maximum absolute atomic E-state index is 11.0. The molecule has 0 aliphatic heterocycles. The van der Waals surface area contributed by atoms with Crippen molar-refractivity contribution in [2.75, 3.05) is 6.61 Å². The third-order valence-corrected chi connectivity index (χ3v) is 1.91. The van der Waals surface area contributed by atoms with Crippen molar-refractivity contribution in [1.29, 1.82) is 0 Å². The van der Waals surface area contributed by atoms with Gasteiger partial charge < -0.3 is 4.74 Å². The molecule has 0 atom stereocenters. The quantitative estimate of drug-likeness (QED) is 0.595. The second-order valence-corrected chi connectivity index (χ2v) is 3.50. The summed E-state index contributed by atoms with van der Waals surface area (Å²) in [6, 6.07) is 0. The van der Waals surface area contributed by atoms with E-state index in [1.165, 1.54) is 0 Å². The lowest BCUT2D eigenvalue weighted by Gasteiger charge is -2.04. The van der Waals surface area contributed by atoms with Crippen molar-refractivity contribution < 1.29 is 14.3 Å². The molecule has 0 N–H and O–H groups in total. The number of Topliss-reactive ketones (excluding diaryl/α,β-unsaturated/α-hetero) is 1. The van der Waals surface area contributed by atoms with Gasteiger partial charge in [-0.3, -0.25) is 9.59 Å². The molecule has 1 fully saturated rings. The van der Waals surface area contributed by atoms with Crippen LogP contribution >= 0.6 is 0 Å². The fourth-order valence-electron chi connectivity index (χ4n) is 0.746. The van der Waals surface area contributed by atoms with E-state index in [0.717, 1.165) is 12.8 Å². The predicted octanol–water partition coefficient (Wildman–Crippen LogP) is 1.16. The van der Waals surface area contributed by atoms with Crippen molar-refractivity contribution in [2.24, 2.45) is 11.8 Å². The molecule has 1 aliphatic carbocycles. The molecule has 3 nitrogen and oxygen atoms in total. The van der Waals surface area contributed by atoms with Gasteiger partial charge in [0.25, 0.3) is 0 Å². The van der Waals surface area contributed by atoms with Gasteiger partial charge in [0.15, 0.2) is 5.78 Å². The van der Waals surface area contributed by atoms with Crippen LogP contribution in [-0.2, 0) is 14.3 Å². The van der Waals surface area contributed by atoms with E-state index < -0.39 is 0 Å². The van der Waals surface area contributed by atoms with Crippen LogP contribution in [0.2, 0.25) is 0 Å². The van der Waals surface area contributed by atoms with E-state index in [9.17, 15) is 9.59 Å². The van der Waals surface area contributed by atoms with Crippen LogP contribution in [0.5, 0.6) is 0 Å². The Labute approximate surface area is 72.1 Å². The number of carbonyl (C=O) groups is 2. The zero-order chi connectivity index (χ0) is 9.14. The summed E-state index contributed by atoms with van der Waals surface area (Å²) in [5, 5.41) is 0. The molecular formula is C9H14O3. The highest BCUT2D eigenvalue weighted by Gasteiger charge is 2.31. The molecule has 0 radical (unpaired) electrons. The van der Waals surface area contributed by atoms with E-state index >= 15 is 0 Å². The van der Waals surface area contributed by atoms with E-state index in [0.29, 0.717) is 0 Å². The Morgan fingerprint density at radius 3 is 2.42 bits per heavy atom. The Bertz CT molecular complexity index is 178. The highest BCUT2D eigenvalue weighted by Crippen LogP contribution is 2.29. The Morgan fingerprint density at radius 2 is 2.00 bits per heavy atom. The molecule has 1 saturated carbocycles. The average Bonchev–Trinajstić information content (AvgIpc) is 2.81. The number of carbonyl (C=O) groups excluding carboxylic acids is 2. The SMILES string of the molecule is CC(C)C(=O)COC(=O)C1CC1. The molecule has 3 heteroatoms. The minimum Gasteiger partial charge on any atom is -0.457 e. The van der Waals surface area contributed by atoms with Gasteiger partial charge in [-0.05, 0) is 12.8 Å². The topological polar surface area (TPSA) is 43.4 Å². The molecule has 0 bridgehead atoms. The summed E-state index contributed by atoms with van der Waals surface area (Å²) in [7, 11) is 0. The van der Waals surface area contributed by atoms with Gasteiger partial charge >= 0.3 is 5.97 Å². The summed E-state index contributed by atoms with van der Waals surface area (Å²) < 4.78 is 4.80. The van der Waals surface area contributed by atoms with Crippen molar-refractivity contribution in [3.05, 3.63) is 0 Å². The van der Waals surface area contributed by atoms with Crippen LogP contribution in [0, 0.1) is 11.8 Å². The zero-order valence-electron chi connectivity index (χ0n) is 7.50. The summed E-state index contributed by atoms with van der Waals surface area (Å²) in [5.74, 6) is -0.171. The van der Waals surface area contributed by atoms with Crippen LogP contribution in [-0.4, -0.2) is 18.4 Å². The molecule has 68 valence electrons. The summed E-state index contributed by atoms with van der Waals surface area (Å²) in [6.45, 7) is 3.55. The highest BCUT2D eigenvalue weighted by atomic mass is 16.5. The number of ketones is 1. The monoisotopic (exact) mass is 170 g/mol. The number of esters is 1. The standard InChI is InChI=1S/C9H14O3/c1-6(2)8(10)5-12-9(11)7-3-4-7/h6-7H,3-5H2,1-2H3. The second kappa shape index (κ2) is 3.70. The van der Waals surface area contributed by atoms with Gasteiger partial charge in [-0.2, -0.15) is 0 Å². The van der Waals surface area contributed by atoms with Gasteiger partial charge in [0.1, 0.15) is 6.61 Å². The molecule has 0 saturated heterocycles. The Balaban J connectivity index is 2.15. The Hall–Kier alpha value is -0.860. The van der Waals surface area contributed by atoms with Gasteiger partial charge in [-0.1, -0.05) is 13.8 Å². The number of rotatable bonds is 4. The Kier molecular flexibility index (Phi) is 2.84. The maximum Gasteiger partial charge on any atom is 0.309 e. The highest BCUT2D eigenvalue weighted by molar-refractivity contribution is 5.84. The van der Waals surface area contributed by atoms with Crippen LogP contribution in [0.3, 0.4) is 0 Å². The van der Waals surface area contributed by atoms with Gasteiger partial charge in [0, 0.05) is 5.92 Å². The molecule has 0 unspecified atom stereocenters. The smallest absolute Gasteiger partial charge is 0.309 e. The third kappa shape index (κ3) is 2.64. The summed E-state index contributed by atoms with van der Waals surface area (Å²) in [6.07, 6.45) is 1.85. The van der Waals surface area contributed by atoms with Crippen molar-refractivity contribution >= 4 is 11.8 Å². The second-order valence-electron chi connectivity index (χ2n) is 3.50. The van der Waals surface area contributed by atoms with E-state index in [4.69, 9.17) is 4.74 Å². The van der Waals surface area contributed by atoms with Crippen molar-refractivity contribution in [3.8, 4) is 0 Å². The normalized spacial score (nSPS) is 16.2. The fourth-order valence-corrected chi connectivity index (χ4v) is 0.746. The van der Waals surface area contributed by atoms with Crippen molar-refractivity contribution in [1.82, 2.24) is 0 Å². The summed E-state index contributed by atoms with van der Waals surface area (Å²) in [5.41, 5.74) is 0. The first-order valence-electron chi connectivity index (χ1n) is 4.30. The number of ether oxygens (including phenoxy) is 1. The van der Waals surface area contributed by atoms with Gasteiger partial charge in [-0.15, -0.1) is 0 Å². The van der Waals surface area contributed by atoms with Gasteiger partial charge in [-0.25, -0.2) is 0 Å². The van der Waals surface area contributed by atoms with E-state index in [1.807, 2.05) is 0 Å². The van der Waals surface area contributed by atoms with E-state index in [1.54, 1.807) is 13.8 Å². The number of hydrogen-bond donors (Lipinski definition) is 0. The van der Waals surface area contributed by atoms with Crippen LogP contribution in [0.1, 0.15) is 26.7 Å². The molecule has 0 aromatic carbocycles. The molecule has 1 rings (SSSR count). The van der Waals surface area contributed by atoms with Gasteiger partial charge in [0.2, 0.25) is 0 Å². The molecule has 12 heavy (non-hydrogen) atoms.